The predicted octanol–water partition coefficient (Wildman–Crippen LogP) is 2.77. The molecule has 0 aliphatic heterocycles. The average molecular weight is 383 g/mol. The number of carbonyl (C=O) groups excluding carboxylic acids is 2. The lowest BCUT2D eigenvalue weighted by Gasteiger charge is -2.18. The van der Waals surface area contributed by atoms with E-state index in [1.807, 2.05) is 60.7 Å². The Morgan fingerprint density at radius 3 is 2.18 bits per heavy atom. The Morgan fingerprint density at radius 1 is 0.893 bits per heavy atom. The molecule has 0 spiro atoms. The van der Waals surface area contributed by atoms with Crippen molar-refractivity contribution in [2.45, 2.75) is 38.3 Å². The molecule has 0 saturated carbocycles. The molecule has 2 amide bonds. The first kappa shape index (κ1) is 21.4. The fourth-order valence-corrected chi connectivity index (χ4v) is 2.75. The third-order valence-corrected chi connectivity index (χ3v) is 4.28. The van der Waals surface area contributed by atoms with E-state index in [9.17, 15) is 9.59 Å². The summed E-state index contributed by atoms with van der Waals surface area (Å²) in [5, 5.41) is 5.59. The number of ether oxygens (including phenoxy) is 1. The van der Waals surface area contributed by atoms with Crippen LogP contribution in [0.25, 0.3) is 0 Å². The molecule has 0 unspecified atom stereocenters. The van der Waals surface area contributed by atoms with E-state index < -0.39 is 12.1 Å². The molecule has 2 rings (SSSR count). The maximum absolute atomic E-state index is 12.6. The van der Waals surface area contributed by atoms with Crippen molar-refractivity contribution in [1.82, 2.24) is 10.6 Å². The van der Waals surface area contributed by atoms with Gasteiger partial charge in [-0.15, -0.1) is 0 Å². The van der Waals surface area contributed by atoms with Crippen LogP contribution < -0.4 is 16.4 Å². The minimum Gasteiger partial charge on any atom is -0.445 e. The molecule has 2 aromatic rings. The van der Waals surface area contributed by atoms with Gasteiger partial charge in [-0.3, -0.25) is 4.79 Å². The van der Waals surface area contributed by atoms with Crippen molar-refractivity contribution in [3.63, 3.8) is 0 Å². The maximum atomic E-state index is 12.6. The third kappa shape index (κ3) is 8.22. The summed E-state index contributed by atoms with van der Waals surface area (Å²) in [5.41, 5.74) is 7.34. The topological polar surface area (TPSA) is 93.5 Å². The Hall–Kier alpha value is -2.86. The molecule has 6 heteroatoms. The van der Waals surface area contributed by atoms with Gasteiger partial charge in [-0.1, -0.05) is 67.1 Å². The fraction of sp³-hybridized carbons (Fsp3) is 0.364. The van der Waals surface area contributed by atoms with Crippen LogP contribution in [0.3, 0.4) is 0 Å². The molecule has 0 fully saturated rings. The number of hydrogen-bond acceptors (Lipinski definition) is 4. The molecule has 0 bridgehead atoms. The van der Waals surface area contributed by atoms with Gasteiger partial charge in [0.2, 0.25) is 5.91 Å². The fourth-order valence-electron chi connectivity index (χ4n) is 2.75. The van der Waals surface area contributed by atoms with Crippen molar-refractivity contribution in [3.8, 4) is 0 Å². The third-order valence-electron chi connectivity index (χ3n) is 4.28. The van der Waals surface area contributed by atoms with E-state index in [0.29, 0.717) is 19.5 Å². The summed E-state index contributed by atoms with van der Waals surface area (Å²) >= 11 is 0. The second-order valence-corrected chi connectivity index (χ2v) is 6.59. The summed E-state index contributed by atoms with van der Waals surface area (Å²) in [6.45, 7) is 1.37. The van der Waals surface area contributed by atoms with Gasteiger partial charge in [0.15, 0.2) is 0 Å². The van der Waals surface area contributed by atoms with Crippen molar-refractivity contribution >= 4 is 12.0 Å². The van der Waals surface area contributed by atoms with E-state index in [1.54, 1.807) is 0 Å². The summed E-state index contributed by atoms with van der Waals surface area (Å²) in [4.78, 5) is 24.8. The Morgan fingerprint density at radius 2 is 1.54 bits per heavy atom. The van der Waals surface area contributed by atoms with Crippen molar-refractivity contribution in [2.75, 3.05) is 13.1 Å². The standard InChI is InChI=1S/C22H29N3O3/c23-14-8-3-9-15-24-21(26)20(16-18-10-4-1-5-11-18)25-22(27)28-17-19-12-6-2-7-13-19/h1-2,4-7,10-13,20H,3,8-9,14-17,23H2,(H,24,26)(H,25,27)/t20-/m0/s1. The Bertz CT molecular complexity index is 707. The second-order valence-electron chi connectivity index (χ2n) is 6.59. The Kier molecular flexibility index (Phi) is 9.58. The molecule has 0 radical (unpaired) electrons. The van der Waals surface area contributed by atoms with Crippen LogP contribution in [0.2, 0.25) is 0 Å². The zero-order valence-corrected chi connectivity index (χ0v) is 16.1. The van der Waals surface area contributed by atoms with Crippen LogP contribution in [-0.4, -0.2) is 31.1 Å². The number of nitrogens with one attached hydrogen (secondary N) is 2. The molecule has 4 N–H and O–H groups in total. The van der Waals surface area contributed by atoms with Gasteiger partial charge >= 0.3 is 6.09 Å². The molecule has 0 aliphatic carbocycles. The van der Waals surface area contributed by atoms with E-state index in [2.05, 4.69) is 10.6 Å². The highest BCUT2D eigenvalue weighted by Gasteiger charge is 2.21. The van der Waals surface area contributed by atoms with Crippen molar-refractivity contribution in [1.29, 1.82) is 0 Å². The van der Waals surface area contributed by atoms with Gasteiger partial charge < -0.3 is 21.1 Å². The van der Waals surface area contributed by atoms with E-state index in [-0.39, 0.29) is 12.5 Å². The lowest BCUT2D eigenvalue weighted by Crippen LogP contribution is -2.48. The molecule has 1 atom stereocenters. The van der Waals surface area contributed by atoms with E-state index >= 15 is 0 Å². The number of nitrogens with two attached hydrogens (primary N) is 1. The zero-order valence-electron chi connectivity index (χ0n) is 16.1. The summed E-state index contributed by atoms with van der Waals surface area (Å²) in [6, 6.07) is 18.3. The molecular weight excluding hydrogens is 354 g/mol. The lowest BCUT2D eigenvalue weighted by atomic mass is 10.1. The van der Waals surface area contributed by atoms with Crippen LogP contribution >= 0.6 is 0 Å². The number of alkyl carbamates (subject to hydrolysis) is 1. The first-order valence-corrected chi connectivity index (χ1v) is 9.68. The van der Waals surface area contributed by atoms with Crippen LogP contribution in [0.4, 0.5) is 4.79 Å². The quantitative estimate of drug-likeness (QED) is 0.520. The monoisotopic (exact) mass is 383 g/mol. The van der Waals surface area contributed by atoms with Crippen LogP contribution in [0.5, 0.6) is 0 Å². The van der Waals surface area contributed by atoms with Gasteiger partial charge in [0.05, 0.1) is 0 Å². The molecule has 0 saturated heterocycles. The molecule has 0 heterocycles. The predicted molar refractivity (Wildman–Crippen MR) is 110 cm³/mol. The highest BCUT2D eigenvalue weighted by Crippen LogP contribution is 2.05. The summed E-state index contributed by atoms with van der Waals surface area (Å²) in [5.74, 6) is -0.215. The first-order valence-electron chi connectivity index (χ1n) is 9.68. The number of carbonyl (C=O) groups is 2. The molecule has 28 heavy (non-hydrogen) atoms. The largest absolute Gasteiger partial charge is 0.445 e. The zero-order chi connectivity index (χ0) is 20.0. The second kappa shape index (κ2) is 12.5. The van der Waals surface area contributed by atoms with Crippen LogP contribution in [-0.2, 0) is 22.6 Å². The summed E-state index contributed by atoms with van der Waals surface area (Å²) < 4.78 is 5.26. The minimum atomic E-state index is -0.694. The molecule has 150 valence electrons. The Balaban J connectivity index is 1.89. The first-order chi connectivity index (χ1) is 13.7. The normalized spacial score (nSPS) is 11.5. The summed E-state index contributed by atoms with van der Waals surface area (Å²) in [7, 11) is 0. The van der Waals surface area contributed by atoms with Gasteiger partial charge in [-0.05, 0) is 30.5 Å². The van der Waals surface area contributed by atoms with Crippen molar-refractivity contribution < 1.29 is 14.3 Å². The molecular formula is C22H29N3O3. The Labute approximate surface area is 166 Å². The molecule has 0 aromatic heterocycles. The van der Waals surface area contributed by atoms with Crippen LogP contribution in [0.15, 0.2) is 60.7 Å². The molecule has 6 nitrogen and oxygen atoms in total. The molecule has 0 aliphatic rings. The molecule has 2 aromatic carbocycles. The summed E-state index contributed by atoms with van der Waals surface area (Å²) in [6.07, 6.45) is 2.55. The van der Waals surface area contributed by atoms with Gasteiger partial charge in [-0.25, -0.2) is 4.79 Å². The van der Waals surface area contributed by atoms with E-state index in [1.165, 1.54) is 0 Å². The maximum Gasteiger partial charge on any atom is 0.408 e. The van der Waals surface area contributed by atoms with Crippen molar-refractivity contribution in [2.24, 2.45) is 5.73 Å². The van der Waals surface area contributed by atoms with Gasteiger partial charge in [0, 0.05) is 13.0 Å². The highest BCUT2D eigenvalue weighted by atomic mass is 16.5. The minimum absolute atomic E-state index is 0.158. The smallest absolute Gasteiger partial charge is 0.408 e. The van der Waals surface area contributed by atoms with E-state index in [4.69, 9.17) is 10.5 Å². The van der Waals surface area contributed by atoms with Crippen LogP contribution in [0.1, 0.15) is 30.4 Å². The number of hydrogen-bond donors (Lipinski definition) is 3. The van der Waals surface area contributed by atoms with Gasteiger partial charge in [0.25, 0.3) is 0 Å². The van der Waals surface area contributed by atoms with Crippen molar-refractivity contribution in [3.05, 3.63) is 71.8 Å². The average Bonchev–Trinajstić information content (AvgIpc) is 2.73. The number of benzene rings is 2. The number of amides is 2. The van der Waals surface area contributed by atoms with Gasteiger partial charge in [-0.2, -0.15) is 0 Å². The van der Waals surface area contributed by atoms with E-state index in [0.717, 1.165) is 30.4 Å². The van der Waals surface area contributed by atoms with Gasteiger partial charge in [0.1, 0.15) is 12.6 Å². The lowest BCUT2D eigenvalue weighted by molar-refractivity contribution is -0.123. The SMILES string of the molecule is NCCCCCNC(=O)[C@H](Cc1ccccc1)NC(=O)OCc1ccccc1. The number of unbranched alkanes of at least 4 members (excludes halogenated alkanes) is 2. The number of rotatable bonds is 11. The van der Waals surface area contributed by atoms with Crippen LogP contribution in [0, 0.1) is 0 Å². The highest BCUT2D eigenvalue weighted by molar-refractivity contribution is 5.85.